The number of benzene rings is 2. The number of rotatable bonds is 5. The zero-order valence-corrected chi connectivity index (χ0v) is 12.5. The SMILES string of the molecule is C[C@@H](OC(=O)c1ccc(CO)cc1)C(=O)Nc1ccc(F)cc1. The van der Waals surface area contributed by atoms with Crippen LogP contribution in [0.4, 0.5) is 10.1 Å². The minimum absolute atomic E-state index is 0.119. The molecule has 0 bridgehead atoms. The summed E-state index contributed by atoms with van der Waals surface area (Å²) in [4.78, 5) is 23.9. The number of amides is 1. The molecule has 0 aromatic heterocycles. The second kappa shape index (κ2) is 7.51. The van der Waals surface area contributed by atoms with Crippen LogP contribution in [-0.4, -0.2) is 23.1 Å². The maximum Gasteiger partial charge on any atom is 0.338 e. The molecule has 0 saturated carbocycles. The molecule has 0 aliphatic heterocycles. The van der Waals surface area contributed by atoms with E-state index < -0.39 is 23.8 Å². The third-order valence-corrected chi connectivity index (χ3v) is 3.14. The Labute approximate surface area is 132 Å². The molecule has 1 atom stereocenters. The maximum absolute atomic E-state index is 12.8. The summed E-state index contributed by atoms with van der Waals surface area (Å²) < 4.78 is 17.9. The monoisotopic (exact) mass is 317 g/mol. The molecule has 0 heterocycles. The van der Waals surface area contributed by atoms with Crippen LogP contribution >= 0.6 is 0 Å². The predicted octanol–water partition coefficient (Wildman–Crippen LogP) is 2.50. The molecular formula is C17H16FNO4. The Balaban J connectivity index is 1.94. The molecule has 5 nitrogen and oxygen atoms in total. The van der Waals surface area contributed by atoms with Crippen molar-refractivity contribution in [3.8, 4) is 0 Å². The van der Waals surface area contributed by atoms with Crippen molar-refractivity contribution in [3.05, 3.63) is 65.5 Å². The molecule has 0 spiro atoms. The average molecular weight is 317 g/mol. The van der Waals surface area contributed by atoms with Gasteiger partial charge in [0.25, 0.3) is 5.91 Å². The van der Waals surface area contributed by atoms with E-state index in [1.807, 2.05) is 0 Å². The van der Waals surface area contributed by atoms with Crippen molar-refractivity contribution >= 4 is 17.6 Å². The lowest BCUT2D eigenvalue weighted by molar-refractivity contribution is -0.123. The highest BCUT2D eigenvalue weighted by Gasteiger charge is 2.19. The maximum atomic E-state index is 12.8. The minimum atomic E-state index is -1.01. The number of aliphatic hydroxyl groups is 1. The molecule has 2 aromatic rings. The number of hydrogen-bond acceptors (Lipinski definition) is 4. The molecule has 1 amide bonds. The van der Waals surface area contributed by atoms with Crippen LogP contribution in [0.5, 0.6) is 0 Å². The van der Waals surface area contributed by atoms with Crippen LogP contribution in [0.3, 0.4) is 0 Å². The van der Waals surface area contributed by atoms with E-state index in [2.05, 4.69) is 5.32 Å². The van der Waals surface area contributed by atoms with Gasteiger partial charge in [0.15, 0.2) is 6.10 Å². The quantitative estimate of drug-likeness (QED) is 0.831. The summed E-state index contributed by atoms with van der Waals surface area (Å²) in [6, 6.07) is 11.5. The summed E-state index contributed by atoms with van der Waals surface area (Å²) in [5.74, 6) is -1.57. The number of halogens is 1. The molecule has 2 rings (SSSR count). The number of nitrogens with one attached hydrogen (secondary N) is 1. The summed E-state index contributed by atoms with van der Waals surface area (Å²) >= 11 is 0. The minimum Gasteiger partial charge on any atom is -0.449 e. The van der Waals surface area contributed by atoms with Crippen LogP contribution in [-0.2, 0) is 16.1 Å². The van der Waals surface area contributed by atoms with Gasteiger partial charge in [-0.2, -0.15) is 0 Å². The average Bonchev–Trinajstić information content (AvgIpc) is 2.56. The molecular weight excluding hydrogens is 301 g/mol. The van der Waals surface area contributed by atoms with Gasteiger partial charge in [-0.05, 0) is 48.9 Å². The first-order chi connectivity index (χ1) is 11.0. The summed E-state index contributed by atoms with van der Waals surface area (Å²) in [6.45, 7) is 1.32. The number of aliphatic hydroxyl groups excluding tert-OH is 1. The number of ether oxygens (including phenoxy) is 1. The van der Waals surface area contributed by atoms with Gasteiger partial charge in [0.05, 0.1) is 12.2 Å². The van der Waals surface area contributed by atoms with E-state index in [0.717, 1.165) is 0 Å². The van der Waals surface area contributed by atoms with Gasteiger partial charge in [0.1, 0.15) is 5.82 Å². The van der Waals surface area contributed by atoms with Gasteiger partial charge in [0.2, 0.25) is 0 Å². The van der Waals surface area contributed by atoms with Gasteiger partial charge in [0, 0.05) is 5.69 Å². The van der Waals surface area contributed by atoms with Crippen molar-refractivity contribution in [1.82, 2.24) is 0 Å². The normalized spacial score (nSPS) is 11.6. The van der Waals surface area contributed by atoms with Crippen molar-refractivity contribution in [2.75, 3.05) is 5.32 Å². The van der Waals surface area contributed by atoms with Gasteiger partial charge in [-0.3, -0.25) is 4.79 Å². The van der Waals surface area contributed by atoms with Crippen LogP contribution in [0.2, 0.25) is 0 Å². The molecule has 120 valence electrons. The molecule has 0 radical (unpaired) electrons. The summed E-state index contributed by atoms with van der Waals surface area (Å²) in [5.41, 5.74) is 1.36. The Bertz CT molecular complexity index is 683. The van der Waals surface area contributed by atoms with Gasteiger partial charge >= 0.3 is 5.97 Å². The van der Waals surface area contributed by atoms with Crippen molar-refractivity contribution < 1.29 is 23.8 Å². The number of carbonyl (C=O) groups is 2. The Kier molecular flexibility index (Phi) is 5.43. The third-order valence-electron chi connectivity index (χ3n) is 3.14. The lowest BCUT2D eigenvalue weighted by Crippen LogP contribution is -2.30. The van der Waals surface area contributed by atoms with Gasteiger partial charge < -0.3 is 15.2 Å². The Hall–Kier alpha value is -2.73. The van der Waals surface area contributed by atoms with Gasteiger partial charge in [-0.15, -0.1) is 0 Å². The van der Waals surface area contributed by atoms with Crippen LogP contribution in [0.1, 0.15) is 22.8 Å². The smallest absolute Gasteiger partial charge is 0.338 e. The second-order valence-electron chi connectivity index (χ2n) is 4.90. The molecule has 0 aliphatic rings. The predicted molar refractivity (Wildman–Crippen MR) is 82.3 cm³/mol. The third kappa shape index (κ3) is 4.62. The van der Waals surface area contributed by atoms with E-state index in [9.17, 15) is 14.0 Å². The number of anilines is 1. The lowest BCUT2D eigenvalue weighted by atomic mass is 10.1. The van der Waals surface area contributed by atoms with Crippen molar-refractivity contribution in [2.24, 2.45) is 0 Å². The summed E-state index contributed by atoms with van der Waals surface area (Å²) in [7, 11) is 0. The zero-order valence-electron chi connectivity index (χ0n) is 12.5. The fraction of sp³-hybridized carbons (Fsp3) is 0.176. The van der Waals surface area contributed by atoms with Crippen LogP contribution in [0.25, 0.3) is 0 Å². The first kappa shape index (κ1) is 16.6. The fourth-order valence-corrected chi connectivity index (χ4v) is 1.81. The van der Waals surface area contributed by atoms with Crippen LogP contribution in [0.15, 0.2) is 48.5 Å². The van der Waals surface area contributed by atoms with E-state index in [1.165, 1.54) is 43.3 Å². The van der Waals surface area contributed by atoms with Crippen LogP contribution in [0, 0.1) is 5.82 Å². The fourth-order valence-electron chi connectivity index (χ4n) is 1.81. The van der Waals surface area contributed by atoms with E-state index in [1.54, 1.807) is 12.1 Å². The van der Waals surface area contributed by atoms with Crippen molar-refractivity contribution in [1.29, 1.82) is 0 Å². The highest BCUT2D eigenvalue weighted by atomic mass is 19.1. The molecule has 0 fully saturated rings. The molecule has 0 unspecified atom stereocenters. The molecule has 2 N–H and O–H groups in total. The highest BCUT2D eigenvalue weighted by Crippen LogP contribution is 2.11. The Morgan fingerprint density at radius 1 is 1.13 bits per heavy atom. The van der Waals surface area contributed by atoms with E-state index in [0.29, 0.717) is 11.3 Å². The molecule has 6 heteroatoms. The summed E-state index contributed by atoms with van der Waals surface area (Å²) in [6.07, 6.45) is -1.01. The molecule has 2 aromatic carbocycles. The van der Waals surface area contributed by atoms with Crippen molar-refractivity contribution in [3.63, 3.8) is 0 Å². The van der Waals surface area contributed by atoms with E-state index in [-0.39, 0.29) is 12.2 Å². The topological polar surface area (TPSA) is 75.6 Å². The van der Waals surface area contributed by atoms with Gasteiger partial charge in [-0.25, -0.2) is 9.18 Å². The number of esters is 1. The zero-order chi connectivity index (χ0) is 16.8. The highest BCUT2D eigenvalue weighted by molar-refractivity contribution is 5.97. The standard InChI is InChI=1S/C17H16FNO4/c1-11(16(21)19-15-8-6-14(18)7-9-15)23-17(22)13-4-2-12(10-20)3-5-13/h2-9,11,20H,10H2,1H3,(H,19,21)/t11-/m1/s1. The first-order valence-electron chi connectivity index (χ1n) is 6.97. The van der Waals surface area contributed by atoms with Gasteiger partial charge in [-0.1, -0.05) is 12.1 Å². The Morgan fingerprint density at radius 3 is 2.30 bits per heavy atom. The Morgan fingerprint density at radius 2 is 1.74 bits per heavy atom. The van der Waals surface area contributed by atoms with E-state index >= 15 is 0 Å². The molecule has 0 aliphatic carbocycles. The number of hydrogen-bond donors (Lipinski definition) is 2. The largest absolute Gasteiger partial charge is 0.449 e. The molecule has 23 heavy (non-hydrogen) atoms. The number of carbonyl (C=O) groups excluding carboxylic acids is 2. The van der Waals surface area contributed by atoms with Crippen LogP contribution < -0.4 is 5.32 Å². The summed E-state index contributed by atoms with van der Waals surface area (Å²) in [5, 5.41) is 11.5. The molecule has 0 saturated heterocycles. The second-order valence-corrected chi connectivity index (χ2v) is 4.90. The van der Waals surface area contributed by atoms with Crippen molar-refractivity contribution in [2.45, 2.75) is 19.6 Å². The lowest BCUT2D eigenvalue weighted by Gasteiger charge is -2.13. The first-order valence-corrected chi connectivity index (χ1v) is 6.97. The van der Waals surface area contributed by atoms with E-state index in [4.69, 9.17) is 9.84 Å².